The van der Waals surface area contributed by atoms with Crippen molar-refractivity contribution in [3.05, 3.63) is 0 Å². The fraction of sp³-hybridized carbons (Fsp3) is 1.00. The molecule has 0 radical (unpaired) electrons. The highest BCUT2D eigenvalue weighted by atomic mass is 15.2. The molecule has 0 atom stereocenters. The Bertz CT molecular complexity index is 125. The average Bonchev–Trinajstić information content (AvgIpc) is 2.42. The Morgan fingerprint density at radius 1 is 1.30 bits per heavy atom. The molecule has 3 nitrogen and oxygen atoms in total. The lowest BCUT2D eigenvalue weighted by atomic mass is 9.91. The molecule has 10 heavy (non-hydrogen) atoms. The first-order chi connectivity index (χ1) is 4.87. The molecule has 0 unspecified atom stereocenters. The zero-order chi connectivity index (χ0) is 7.03. The van der Waals surface area contributed by atoms with Crippen LogP contribution in [0.5, 0.6) is 0 Å². The third-order valence-corrected chi connectivity index (χ3v) is 2.94. The zero-order valence-corrected chi connectivity index (χ0v) is 6.41. The molecule has 3 N–H and O–H groups in total. The largest absolute Gasteiger partial charge is 0.314 e. The summed E-state index contributed by atoms with van der Waals surface area (Å²) >= 11 is 0. The molecule has 2 saturated heterocycles. The van der Waals surface area contributed by atoms with Gasteiger partial charge in [0.25, 0.3) is 0 Å². The lowest BCUT2D eigenvalue weighted by Crippen LogP contribution is -2.50. The van der Waals surface area contributed by atoms with E-state index in [-0.39, 0.29) is 0 Å². The second kappa shape index (κ2) is 2.19. The smallest absolute Gasteiger partial charge is 0.0482 e. The van der Waals surface area contributed by atoms with Crippen LogP contribution in [0.4, 0.5) is 0 Å². The lowest BCUT2D eigenvalue weighted by Gasteiger charge is -2.26. The Morgan fingerprint density at radius 3 is 2.30 bits per heavy atom. The predicted octanol–water partition coefficient (Wildman–Crippen LogP) is -1.23. The fourth-order valence-corrected chi connectivity index (χ4v) is 2.13. The molecular weight excluding hydrogens is 126 g/mol. The summed E-state index contributed by atoms with van der Waals surface area (Å²) in [4.78, 5) is 0. The van der Waals surface area contributed by atoms with E-state index in [0.29, 0.717) is 5.54 Å². The summed E-state index contributed by atoms with van der Waals surface area (Å²) in [5.41, 5.74) is 0.375. The molecule has 0 aromatic carbocycles. The average molecular weight is 141 g/mol. The maximum atomic E-state index is 3.41. The minimum Gasteiger partial charge on any atom is -0.314 e. The summed E-state index contributed by atoms with van der Waals surface area (Å²) in [7, 11) is 2.06. The van der Waals surface area contributed by atoms with Gasteiger partial charge in [-0.3, -0.25) is 0 Å². The van der Waals surface area contributed by atoms with Crippen molar-refractivity contribution in [2.24, 2.45) is 5.92 Å². The number of hydrogen-bond donors (Lipinski definition) is 3. The van der Waals surface area contributed by atoms with Gasteiger partial charge >= 0.3 is 0 Å². The van der Waals surface area contributed by atoms with Crippen LogP contribution >= 0.6 is 0 Å². The topological polar surface area (TPSA) is 36.1 Å². The molecule has 2 aliphatic heterocycles. The molecule has 0 aliphatic carbocycles. The number of fused-ring (bicyclic) bond motifs is 1. The van der Waals surface area contributed by atoms with Gasteiger partial charge in [0.2, 0.25) is 0 Å². The molecule has 2 rings (SSSR count). The van der Waals surface area contributed by atoms with Crippen molar-refractivity contribution in [3.63, 3.8) is 0 Å². The number of rotatable bonds is 1. The summed E-state index contributed by atoms with van der Waals surface area (Å²) in [6, 6.07) is 0. The van der Waals surface area contributed by atoms with Gasteiger partial charge in [-0.05, 0) is 7.05 Å². The van der Waals surface area contributed by atoms with Crippen LogP contribution in [-0.4, -0.2) is 38.8 Å². The monoisotopic (exact) mass is 141 g/mol. The van der Waals surface area contributed by atoms with Crippen molar-refractivity contribution in [2.75, 3.05) is 33.2 Å². The SMILES string of the molecule is CNC12CNCC1CNC2. The Morgan fingerprint density at radius 2 is 1.90 bits per heavy atom. The molecule has 58 valence electrons. The number of likely N-dealkylation sites (N-methyl/N-ethyl adjacent to an activating group) is 1. The van der Waals surface area contributed by atoms with Crippen LogP contribution in [0, 0.1) is 5.92 Å². The van der Waals surface area contributed by atoms with Gasteiger partial charge in [0, 0.05) is 37.6 Å². The molecule has 0 spiro atoms. The van der Waals surface area contributed by atoms with Gasteiger partial charge in [0.05, 0.1) is 0 Å². The molecule has 2 heterocycles. The Hall–Kier alpha value is -0.120. The third kappa shape index (κ3) is 0.713. The van der Waals surface area contributed by atoms with Crippen molar-refractivity contribution in [2.45, 2.75) is 5.54 Å². The Kier molecular flexibility index (Phi) is 1.44. The van der Waals surface area contributed by atoms with E-state index < -0.39 is 0 Å². The van der Waals surface area contributed by atoms with Crippen molar-refractivity contribution < 1.29 is 0 Å². The van der Waals surface area contributed by atoms with Gasteiger partial charge in [-0.2, -0.15) is 0 Å². The normalized spacial score (nSPS) is 45.9. The van der Waals surface area contributed by atoms with E-state index in [4.69, 9.17) is 0 Å². The molecule has 0 saturated carbocycles. The van der Waals surface area contributed by atoms with E-state index in [2.05, 4.69) is 23.0 Å². The first-order valence-electron chi connectivity index (χ1n) is 3.98. The first kappa shape index (κ1) is 6.58. The molecule has 0 aromatic rings. The lowest BCUT2D eigenvalue weighted by molar-refractivity contribution is 0.358. The summed E-state index contributed by atoms with van der Waals surface area (Å²) in [6.45, 7) is 4.60. The summed E-state index contributed by atoms with van der Waals surface area (Å²) < 4.78 is 0. The number of hydrogen-bond acceptors (Lipinski definition) is 3. The van der Waals surface area contributed by atoms with Crippen molar-refractivity contribution >= 4 is 0 Å². The summed E-state index contributed by atoms with van der Waals surface area (Å²) in [5.74, 6) is 0.803. The van der Waals surface area contributed by atoms with Gasteiger partial charge in [-0.25, -0.2) is 0 Å². The van der Waals surface area contributed by atoms with Crippen LogP contribution in [0.2, 0.25) is 0 Å². The van der Waals surface area contributed by atoms with E-state index in [1.165, 1.54) is 13.1 Å². The zero-order valence-electron chi connectivity index (χ0n) is 6.41. The quantitative estimate of drug-likeness (QED) is 0.428. The van der Waals surface area contributed by atoms with Gasteiger partial charge in [0.1, 0.15) is 0 Å². The van der Waals surface area contributed by atoms with Crippen LogP contribution in [0.1, 0.15) is 0 Å². The van der Waals surface area contributed by atoms with Crippen LogP contribution in [0.25, 0.3) is 0 Å². The molecule has 2 fully saturated rings. The van der Waals surface area contributed by atoms with Gasteiger partial charge in [0.15, 0.2) is 0 Å². The molecule has 0 bridgehead atoms. The molecule has 2 aliphatic rings. The highest BCUT2D eigenvalue weighted by Crippen LogP contribution is 2.24. The van der Waals surface area contributed by atoms with E-state index >= 15 is 0 Å². The maximum Gasteiger partial charge on any atom is 0.0482 e. The fourth-order valence-electron chi connectivity index (χ4n) is 2.13. The molecular formula is C7H15N3. The Balaban J connectivity index is 2.15. The van der Waals surface area contributed by atoms with Crippen LogP contribution in [0.3, 0.4) is 0 Å². The van der Waals surface area contributed by atoms with E-state index in [1.54, 1.807) is 0 Å². The van der Waals surface area contributed by atoms with Crippen LogP contribution in [0.15, 0.2) is 0 Å². The van der Waals surface area contributed by atoms with Crippen LogP contribution < -0.4 is 16.0 Å². The minimum absolute atomic E-state index is 0.375. The first-order valence-corrected chi connectivity index (χ1v) is 3.98. The van der Waals surface area contributed by atoms with Crippen molar-refractivity contribution in [3.8, 4) is 0 Å². The third-order valence-electron chi connectivity index (χ3n) is 2.94. The Labute approximate surface area is 61.6 Å². The summed E-state index contributed by atoms with van der Waals surface area (Å²) in [5, 5.41) is 10.2. The standard InChI is InChI=1S/C7H15N3/c1-8-7-4-9-2-6(7)3-10-5-7/h6,8-10H,2-5H2,1H3. The van der Waals surface area contributed by atoms with E-state index in [9.17, 15) is 0 Å². The van der Waals surface area contributed by atoms with Crippen LogP contribution in [-0.2, 0) is 0 Å². The van der Waals surface area contributed by atoms with Crippen molar-refractivity contribution in [1.82, 2.24) is 16.0 Å². The molecule has 0 aromatic heterocycles. The molecule has 0 amide bonds. The summed E-state index contributed by atoms with van der Waals surface area (Å²) in [6.07, 6.45) is 0. The highest BCUT2D eigenvalue weighted by Gasteiger charge is 2.44. The minimum atomic E-state index is 0.375. The highest BCUT2D eigenvalue weighted by molar-refractivity contribution is 5.07. The van der Waals surface area contributed by atoms with Gasteiger partial charge in [-0.15, -0.1) is 0 Å². The number of nitrogens with one attached hydrogen (secondary N) is 3. The molecule has 3 heteroatoms. The second-order valence-corrected chi connectivity index (χ2v) is 3.36. The second-order valence-electron chi connectivity index (χ2n) is 3.36. The van der Waals surface area contributed by atoms with Gasteiger partial charge < -0.3 is 16.0 Å². The predicted molar refractivity (Wildman–Crippen MR) is 41.0 cm³/mol. The maximum absolute atomic E-state index is 3.41. The van der Waals surface area contributed by atoms with E-state index in [0.717, 1.165) is 19.0 Å². The van der Waals surface area contributed by atoms with Gasteiger partial charge in [-0.1, -0.05) is 0 Å². The van der Waals surface area contributed by atoms with Crippen molar-refractivity contribution in [1.29, 1.82) is 0 Å². The van der Waals surface area contributed by atoms with E-state index in [1.807, 2.05) is 0 Å².